The predicted octanol–water partition coefficient (Wildman–Crippen LogP) is 3.17. The average Bonchev–Trinajstić information content (AvgIpc) is 3.32. The minimum Gasteiger partial charge on any atom is -0.501 e. The van der Waals surface area contributed by atoms with Crippen LogP contribution < -0.4 is 10.5 Å². The van der Waals surface area contributed by atoms with E-state index in [-0.39, 0.29) is 18.1 Å². The van der Waals surface area contributed by atoms with E-state index < -0.39 is 23.1 Å². The molecule has 0 aliphatic carbocycles. The normalized spacial score (nSPS) is 11.8. The molecule has 0 amide bonds. The zero-order valence-electron chi connectivity index (χ0n) is 17.8. The quantitative estimate of drug-likeness (QED) is 0.414. The van der Waals surface area contributed by atoms with Crippen LogP contribution in [-0.2, 0) is 13.5 Å². The van der Waals surface area contributed by atoms with Crippen LogP contribution in [0.4, 0.5) is 5.95 Å². The maximum absolute atomic E-state index is 12.8. The van der Waals surface area contributed by atoms with E-state index >= 15 is 0 Å². The lowest BCUT2D eigenvalue weighted by atomic mass is 10.0. The second kappa shape index (κ2) is 9.25. The fraction of sp³-hybridized carbons (Fsp3) is 0.174. The minimum absolute atomic E-state index is 0.130. The summed E-state index contributed by atoms with van der Waals surface area (Å²) in [5.41, 5.74) is 0.812. The molecule has 1 atom stereocenters. The summed E-state index contributed by atoms with van der Waals surface area (Å²) in [6.07, 6.45) is 4.20. The van der Waals surface area contributed by atoms with Gasteiger partial charge in [-0.3, -0.25) is 19.1 Å². The molecule has 0 aliphatic heterocycles. The van der Waals surface area contributed by atoms with E-state index in [2.05, 4.69) is 15.1 Å². The zero-order chi connectivity index (χ0) is 23.5. The third-order valence-electron chi connectivity index (χ3n) is 5.22. The molecule has 1 N–H and O–H groups in total. The van der Waals surface area contributed by atoms with Gasteiger partial charge in [-0.1, -0.05) is 47.1 Å². The molecular formula is C23H20ClN5O4. The Bertz CT molecular complexity index is 1340. The fourth-order valence-electron chi connectivity index (χ4n) is 3.59. The first-order valence-electron chi connectivity index (χ1n) is 9.98. The van der Waals surface area contributed by atoms with Crippen molar-refractivity contribution in [3.05, 3.63) is 99.0 Å². The Morgan fingerprint density at radius 3 is 2.67 bits per heavy atom. The van der Waals surface area contributed by atoms with Gasteiger partial charge in [0.2, 0.25) is 11.7 Å². The number of ketones is 1. The Morgan fingerprint density at radius 2 is 2.00 bits per heavy atom. The molecule has 168 valence electrons. The lowest BCUT2D eigenvalue weighted by Crippen LogP contribution is -2.34. The smallest absolute Gasteiger partial charge is 0.297 e. The topological polar surface area (TPSA) is 114 Å². The van der Waals surface area contributed by atoms with Crippen LogP contribution in [0.3, 0.4) is 0 Å². The van der Waals surface area contributed by atoms with Crippen LogP contribution in [0.25, 0.3) is 0 Å². The first-order chi connectivity index (χ1) is 15.9. The Hall–Kier alpha value is -3.98. The van der Waals surface area contributed by atoms with Crippen LogP contribution in [0.2, 0.25) is 5.02 Å². The molecule has 0 saturated heterocycles. The Morgan fingerprint density at radius 1 is 1.24 bits per heavy atom. The molecule has 3 aromatic heterocycles. The monoisotopic (exact) mass is 465 g/mol. The van der Waals surface area contributed by atoms with Crippen molar-refractivity contribution in [1.82, 2.24) is 19.7 Å². The number of carbonyl (C=O) groups is 1. The van der Waals surface area contributed by atoms with Crippen molar-refractivity contribution in [1.29, 1.82) is 0 Å². The van der Waals surface area contributed by atoms with E-state index in [4.69, 9.17) is 16.1 Å². The van der Waals surface area contributed by atoms with Crippen LogP contribution >= 0.6 is 11.6 Å². The van der Waals surface area contributed by atoms with Gasteiger partial charge in [-0.25, -0.2) is 4.98 Å². The van der Waals surface area contributed by atoms with Gasteiger partial charge in [0, 0.05) is 32.3 Å². The molecule has 0 bridgehead atoms. The van der Waals surface area contributed by atoms with Crippen molar-refractivity contribution in [3.8, 4) is 5.75 Å². The number of aromatic hydroxyl groups is 1. The molecule has 3 heterocycles. The van der Waals surface area contributed by atoms with Crippen LogP contribution in [0.1, 0.15) is 33.4 Å². The maximum atomic E-state index is 12.8. The molecular weight excluding hydrogens is 446 g/mol. The molecule has 0 fully saturated rings. The molecule has 1 aromatic carbocycles. The zero-order valence-corrected chi connectivity index (χ0v) is 18.6. The summed E-state index contributed by atoms with van der Waals surface area (Å²) in [6, 6.07) is 12.4. The van der Waals surface area contributed by atoms with Gasteiger partial charge in [0.1, 0.15) is 12.3 Å². The number of rotatable bonds is 7. The number of anilines is 1. The number of Topliss-reactive ketones (excluding diaryl/α,β-unsaturated/α-hetero) is 1. The standard InChI is InChI=1S/C23H20ClN5O4/c1-28(20(15-7-4-3-5-8-15)18-16(24)9-6-10-25-18)23-27-19(21(31)22(32)29(23)2)17(30)11-14-12-26-33-13-14/h3-10,12-13,20,31H,11H2,1-2H3. The lowest BCUT2D eigenvalue weighted by molar-refractivity contribution is 0.0984. The summed E-state index contributed by atoms with van der Waals surface area (Å²) < 4.78 is 5.93. The molecule has 10 heteroatoms. The third-order valence-corrected chi connectivity index (χ3v) is 5.54. The van der Waals surface area contributed by atoms with Crippen molar-refractivity contribution in [2.45, 2.75) is 12.5 Å². The molecule has 0 aliphatic rings. The molecule has 0 radical (unpaired) electrons. The van der Waals surface area contributed by atoms with E-state index in [0.29, 0.717) is 16.3 Å². The number of aromatic nitrogens is 4. The molecule has 0 spiro atoms. The van der Waals surface area contributed by atoms with Gasteiger partial charge in [-0.05, 0) is 17.7 Å². The third kappa shape index (κ3) is 4.35. The van der Waals surface area contributed by atoms with Gasteiger partial charge in [-0.2, -0.15) is 0 Å². The maximum Gasteiger partial charge on any atom is 0.297 e. The molecule has 0 saturated carbocycles. The van der Waals surface area contributed by atoms with Crippen LogP contribution in [0.5, 0.6) is 5.75 Å². The number of benzene rings is 1. The van der Waals surface area contributed by atoms with E-state index in [1.54, 1.807) is 30.3 Å². The molecule has 4 rings (SSSR count). The van der Waals surface area contributed by atoms with E-state index in [9.17, 15) is 14.7 Å². The minimum atomic E-state index is -0.751. The van der Waals surface area contributed by atoms with E-state index in [1.807, 2.05) is 30.3 Å². The number of halogens is 1. The van der Waals surface area contributed by atoms with E-state index in [0.717, 1.165) is 5.56 Å². The van der Waals surface area contributed by atoms with Crippen molar-refractivity contribution >= 4 is 23.3 Å². The summed E-state index contributed by atoms with van der Waals surface area (Å²) >= 11 is 6.47. The van der Waals surface area contributed by atoms with Gasteiger partial charge < -0.3 is 14.5 Å². The fourth-order valence-corrected chi connectivity index (χ4v) is 3.81. The van der Waals surface area contributed by atoms with Gasteiger partial charge in [-0.15, -0.1) is 0 Å². The van der Waals surface area contributed by atoms with Crippen molar-refractivity contribution in [2.24, 2.45) is 7.05 Å². The number of hydrogen-bond donors (Lipinski definition) is 1. The highest BCUT2D eigenvalue weighted by Gasteiger charge is 2.28. The highest BCUT2D eigenvalue weighted by molar-refractivity contribution is 6.31. The summed E-state index contributed by atoms with van der Waals surface area (Å²) in [7, 11) is 3.19. The van der Waals surface area contributed by atoms with Gasteiger partial charge >= 0.3 is 0 Å². The summed E-state index contributed by atoms with van der Waals surface area (Å²) in [6.45, 7) is 0. The first-order valence-corrected chi connectivity index (χ1v) is 10.4. The Labute approximate surface area is 193 Å². The number of hydrogen-bond acceptors (Lipinski definition) is 8. The van der Waals surface area contributed by atoms with Gasteiger partial charge in [0.25, 0.3) is 5.56 Å². The highest BCUT2D eigenvalue weighted by Crippen LogP contribution is 2.33. The van der Waals surface area contributed by atoms with Gasteiger partial charge in [0.05, 0.1) is 16.9 Å². The first kappa shape index (κ1) is 22.2. The van der Waals surface area contributed by atoms with Crippen LogP contribution in [-0.4, -0.2) is 37.6 Å². The average molecular weight is 466 g/mol. The van der Waals surface area contributed by atoms with Crippen molar-refractivity contribution < 1.29 is 14.4 Å². The second-order valence-electron chi connectivity index (χ2n) is 7.40. The molecule has 9 nitrogen and oxygen atoms in total. The second-order valence-corrected chi connectivity index (χ2v) is 7.81. The number of carbonyl (C=O) groups excluding carboxylic acids is 1. The summed E-state index contributed by atoms with van der Waals surface area (Å²) in [4.78, 5) is 36.2. The predicted molar refractivity (Wildman–Crippen MR) is 122 cm³/mol. The number of pyridine rings is 1. The van der Waals surface area contributed by atoms with Crippen molar-refractivity contribution in [2.75, 3.05) is 11.9 Å². The lowest BCUT2D eigenvalue weighted by Gasteiger charge is -2.31. The SMILES string of the molecule is CN(c1nc(C(=O)Cc2cnoc2)c(O)c(=O)n1C)C(c1ccccc1)c1ncccc1Cl. The molecule has 33 heavy (non-hydrogen) atoms. The molecule has 1 unspecified atom stereocenters. The van der Waals surface area contributed by atoms with E-state index in [1.165, 1.54) is 24.1 Å². The number of nitrogens with zero attached hydrogens (tertiary/aromatic N) is 5. The summed E-state index contributed by atoms with van der Waals surface area (Å²) in [5.74, 6) is -1.11. The van der Waals surface area contributed by atoms with Crippen molar-refractivity contribution in [3.63, 3.8) is 0 Å². The van der Waals surface area contributed by atoms with Crippen LogP contribution in [0, 0.1) is 0 Å². The van der Waals surface area contributed by atoms with Crippen LogP contribution in [0.15, 0.2) is 70.4 Å². The highest BCUT2D eigenvalue weighted by atomic mass is 35.5. The Kier molecular flexibility index (Phi) is 6.23. The van der Waals surface area contributed by atoms with Gasteiger partial charge in [0.15, 0.2) is 11.5 Å². The molecule has 4 aromatic rings. The largest absolute Gasteiger partial charge is 0.501 e. The Balaban J connectivity index is 1.83. The summed E-state index contributed by atoms with van der Waals surface area (Å²) in [5, 5.41) is 14.4.